The Morgan fingerprint density at radius 2 is 2.09 bits per heavy atom. The van der Waals surface area contributed by atoms with Gasteiger partial charge in [-0.2, -0.15) is 11.3 Å². The van der Waals surface area contributed by atoms with E-state index >= 15 is 0 Å². The smallest absolute Gasteiger partial charge is 0.292 e. The minimum atomic E-state index is -0.157. The van der Waals surface area contributed by atoms with Crippen LogP contribution in [0.2, 0.25) is 0 Å². The zero-order chi connectivity index (χ0) is 16.2. The first-order valence-corrected chi connectivity index (χ1v) is 8.37. The molecule has 0 radical (unpaired) electrons. The summed E-state index contributed by atoms with van der Waals surface area (Å²) in [5, 5.41) is 8.11. The summed E-state index contributed by atoms with van der Waals surface area (Å²) in [5.74, 6) is 0.208. The molecule has 0 aliphatic carbocycles. The van der Waals surface area contributed by atoms with Crippen molar-refractivity contribution in [2.24, 2.45) is 0 Å². The van der Waals surface area contributed by atoms with Crippen molar-refractivity contribution in [1.29, 1.82) is 0 Å². The first-order chi connectivity index (χ1) is 11.1. The number of aromatic nitrogens is 1. The van der Waals surface area contributed by atoms with E-state index in [4.69, 9.17) is 4.52 Å². The number of thiophene rings is 1. The van der Waals surface area contributed by atoms with E-state index in [2.05, 4.69) is 12.1 Å². The summed E-state index contributed by atoms with van der Waals surface area (Å²) < 4.78 is 5.27. The molecular formula is C18H18N2O2S. The summed E-state index contributed by atoms with van der Waals surface area (Å²) in [4.78, 5) is 14.1. The molecule has 1 amide bonds. The van der Waals surface area contributed by atoms with Crippen molar-refractivity contribution in [1.82, 2.24) is 10.1 Å². The molecule has 3 aromatic rings. The second kappa shape index (κ2) is 6.79. The molecule has 2 aromatic heterocycles. The van der Waals surface area contributed by atoms with E-state index in [0.717, 1.165) is 16.8 Å². The lowest BCUT2D eigenvalue weighted by atomic mass is 9.98. The highest BCUT2D eigenvalue weighted by atomic mass is 32.1. The van der Waals surface area contributed by atoms with Crippen LogP contribution in [0.4, 0.5) is 0 Å². The van der Waals surface area contributed by atoms with Gasteiger partial charge in [-0.3, -0.25) is 4.79 Å². The van der Waals surface area contributed by atoms with Crippen LogP contribution in [0.5, 0.6) is 0 Å². The van der Waals surface area contributed by atoms with E-state index in [1.807, 2.05) is 47.2 Å². The molecule has 0 unspecified atom stereocenters. The molecular weight excluding hydrogens is 308 g/mol. The Hall–Kier alpha value is -2.40. The predicted octanol–water partition coefficient (Wildman–Crippen LogP) is 4.16. The van der Waals surface area contributed by atoms with Crippen LogP contribution in [0.15, 0.2) is 57.7 Å². The molecule has 0 bridgehead atoms. The number of rotatable bonds is 5. The standard InChI is InChI=1S/C18H18N2O2S/c1-13(15-6-4-3-5-7-15)16-10-17(22-19-16)18(21)20(2)11-14-8-9-23-12-14/h3-10,12-13H,11H2,1-2H3/t13-/m0/s1. The van der Waals surface area contributed by atoms with Gasteiger partial charge in [-0.1, -0.05) is 42.4 Å². The predicted molar refractivity (Wildman–Crippen MR) is 90.6 cm³/mol. The van der Waals surface area contributed by atoms with Gasteiger partial charge in [0, 0.05) is 25.6 Å². The number of amides is 1. The zero-order valence-electron chi connectivity index (χ0n) is 13.1. The maximum Gasteiger partial charge on any atom is 0.292 e. The van der Waals surface area contributed by atoms with E-state index in [1.54, 1.807) is 29.4 Å². The third-order valence-corrected chi connectivity index (χ3v) is 4.56. The van der Waals surface area contributed by atoms with Crippen molar-refractivity contribution in [3.8, 4) is 0 Å². The lowest BCUT2D eigenvalue weighted by molar-refractivity contribution is 0.0743. The van der Waals surface area contributed by atoms with E-state index in [0.29, 0.717) is 6.54 Å². The van der Waals surface area contributed by atoms with Gasteiger partial charge in [-0.05, 0) is 28.0 Å². The number of nitrogens with zero attached hydrogens (tertiary/aromatic N) is 2. The van der Waals surface area contributed by atoms with Crippen LogP contribution in [0.1, 0.15) is 40.2 Å². The Morgan fingerprint density at radius 3 is 2.78 bits per heavy atom. The molecule has 4 nitrogen and oxygen atoms in total. The molecule has 23 heavy (non-hydrogen) atoms. The fourth-order valence-electron chi connectivity index (χ4n) is 2.42. The van der Waals surface area contributed by atoms with E-state index in [9.17, 15) is 4.79 Å². The lowest BCUT2D eigenvalue weighted by Crippen LogP contribution is -2.25. The average molecular weight is 326 g/mol. The van der Waals surface area contributed by atoms with E-state index in [1.165, 1.54) is 0 Å². The minimum absolute atomic E-state index is 0.0867. The number of carbonyl (C=O) groups excluding carboxylic acids is 1. The highest BCUT2D eigenvalue weighted by molar-refractivity contribution is 7.07. The van der Waals surface area contributed by atoms with E-state index in [-0.39, 0.29) is 17.6 Å². The molecule has 118 valence electrons. The summed E-state index contributed by atoms with van der Waals surface area (Å²) in [6.45, 7) is 2.61. The Bertz CT molecular complexity index is 765. The minimum Gasteiger partial charge on any atom is -0.351 e. The van der Waals surface area contributed by atoms with Crippen LogP contribution in [0, 0.1) is 0 Å². The quantitative estimate of drug-likeness (QED) is 0.707. The molecule has 0 saturated heterocycles. The normalized spacial score (nSPS) is 12.1. The van der Waals surface area contributed by atoms with Crippen molar-refractivity contribution >= 4 is 17.2 Å². The Balaban J connectivity index is 1.72. The number of benzene rings is 1. The fraction of sp³-hybridized carbons (Fsp3) is 0.222. The Kier molecular flexibility index (Phi) is 4.57. The van der Waals surface area contributed by atoms with Crippen molar-refractivity contribution in [2.45, 2.75) is 19.4 Å². The molecule has 3 rings (SSSR count). The Morgan fingerprint density at radius 1 is 1.30 bits per heavy atom. The molecule has 0 fully saturated rings. The first-order valence-electron chi connectivity index (χ1n) is 7.43. The van der Waals surface area contributed by atoms with Crippen LogP contribution in [0.25, 0.3) is 0 Å². The molecule has 2 heterocycles. The molecule has 0 aliphatic heterocycles. The number of hydrogen-bond donors (Lipinski definition) is 0. The van der Waals surface area contributed by atoms with Gasteiger partial charge in [0.05, 0.1) is 5.69 Å². The van der Waals surface area contributed by atoms with Crippen molar-refractivity contribution in [2.75, 3.05) is 7.05 Å². The van der Waals surface area contributed by atoms with Crippen LogP contribution in [0.3, 0.4) is 0 Å². The lowest BCUT2D eigenvalue weighted by Gasteiger charge is -2.14. The second-order valence-corrected chi connectivity index (χ2v) is 6.32. The topological polar surface area (TPSA) is 46.3 Å². The molecule has 1 aromatic carbocycles. The zero-order valence-corrected chi connectivity index (χ0v) is 13.9. The van der Waals surface area contributed by atoms with Gasteiger partial charge in [0.1, 0.15) is 0 Å². The monoisotopic (exact) mass is 326 g/mol. The second-order valence-electron chi connectivity index (χ2n) is 5.54. The fourth-order valence-corrected chi connectivity index (χ4v) is 3.08. The van der Waals surface area contributed by atoms with Crippen LogP contribution in [-0.2, 0) is 6.54 Å². The van der Waals surface area contributed by atoms with Gasteiger partial charge in [0.15, 0.2) is 0 Å². The molecule has 0 spiro atoms. The third kappa shape index (κ3) is 3.51. The average Bonchev–Trinajstić information content (AvgIpc) is 3.26. The highest BCUT2D eigenvalue weighted by Gasteiger charge is 2.20. The summed E-state index contributed by atoms with van der Waals surface area (Å²) in [7, 11) is 1.77. The van der Waals surface area contributed by atoms with Gasteiger partial charge >= 0.3 is 0 Å². The van der Waals surface area contributed by atoms with Gasteiger partial charge in [-0.25, -0.2) is 0 Å². The van der Waals surface area contributed by atoms with Crippen molar-refractivity contribution in [3.05, 3.63) is 75.8 Å². The van der Waals surface area contributed by atoms with Crippen LogP contribution >= 0.6 is 11.3 Å². The first kappa shape index (κ1) is 15.5. The van der Waals surface area contributed by atoms with Gasteiger partial charge in [0.2, 0.25) is 5.76 Å². The summed E-state index contributed by atoms with van der Waals surface area (Å²) in [5.41, 5.74) is 3.03. The van der Waals surface area contributed by atoms with E-state index < -0.39 is 0 Å². The third-order valence-electron chi connectivity index (χ3n) is 3.83. The Labute approximate surface area is 139 Å². The highest BCUT2D eigenvalue weighted by Crippen LogP contribution is 2.24. The van der Waals surface area contributed by atoms with Gasteiger partial charge in [0.25, 0.3) is 5.91 Å². The molecule has 0 saturated carbocycles. The molecule has 0 aliphatic rings. The van der Waals surface area contributed by atoms with Gasteiger partial charge in [-0.15, -0.1) is 0 Å². The molecule has 5 heteroatoms. The summed E-state index contributed by atoms with van der Waals surface area (Å²) in [6.07, 6.45) is 0. The summed E-state index contributed by atoms with van der Waals surface area (Å²) >= 11 is 1.62. The van der Waals surface area contributed by atoms with Gasteiger partial charge < -0.3 is 9.42 Å². The SMILES string of the molecule is C[C@@H](c1ccccc1)c1cc(C(=O)N(C)Cc2ccsc2)on1. The molecule has 0 N–H and O–H groups in total. The summed E-state index contributed by atoms with van der Waals surface area (Å²) in [6, 6.07) is 13.8. The number of hydrogen-bond acceptors (Lipinski definition) is 4. The number of carbonyl (C=O) groups is 1. The maximum atomic E-state index is 12.4. The largest absolute Gasteiger partial charge is 0.351 e. The van der Waals surface area contributed by atoms with Crippen LogP contribution < -0.4 is 0 Å². The maximum absolute atomic E-state index is 12.4. The van der Waals surface area contributed by atoms with Crippen LogP contribution in [-0.4, -0.2) is 23.0 Å². The van der Waals surface area contributed by atoms with Crippen molar-refractivity contribution in [3.63, 3.8) is 0 Å². The van der Waals surface area contributed by atoms with Crippen molar-refractivity contribution < 1.29 is 9.32 Å². The molecule has 1 atom stereocenters.